The predicted octanol–water partition coefficient (Wildman–Crippen LogP) is 3.42. The van der Waals surface area contributed by atoms with E-state index in [1.807, 2.05) is 6.07 Å². The van der Waals surface area contributed by atoms with E-state index in [0.717, 1.165) is 23.1 Å². The second kappa shape index (κ2) is 4.84. The molecule has 0 aliphatic heterocycles. The monoisotopic (exact) mass is 271 g/mol. The summed E-state index contributed by atoms with van der Waals surface area (Å²) >= 11 is 3.45. The van der Waals surface area contributed by atoms with Crippen LogP contribution in [0, 0.1) is 0 Å². The van der Waals surface area contributed by atoms with Gasteiger partial charge in [0.1, 0.15) is 5.82 Å². The standard InChI is InChI=1S/C11H18BrN3/c1-4-5-11(2,3)15-10-9(12)6-8(13)7-14-10/h6-7H,4-5,13H2,1-3H3,(H,14,15). The quantitative estimate of drug-likeness (QED) is 0.883. The molecule has 0 spiro atoms. The summed E-state index contributed by atoms with van der Waals surface area (Å²) in [7, 11) is 0. The second-order valence-corrected chi connectivity index (χ2v) is 5.21. The topological polar surface area (TPSA) is 50.9 Å². The molecule has 0 unspecified atom stereocenters. The highest BCUT2D eigenvalue weighted by Crippen LogP contribution is 2.26. The van der Waals surface area contributed by atoms with Gasteiger partial charge in [-0.05, 0) is 42.3 Å². The zero-order chi connectivity index (χ0) is 11.5. The lowest BCUT2D eigenvalue weighted by Gasteiger charge is -2.27. The Bertz CT molecular complexity index is 337. The van der Waals surface area contributed by atoms with Crippen LogP contribution in [-0.2, 0) is 0 Å². The van der Waals surface area contributed by atoms with Crippen LogP contribution in [0.4, 0.5) is 11.5 Å². The van der Waals surface area contributed by atoms with Crippen LogP contribution < -0.4 is 11.1 Å². The molecule has 84 valence electrons. The Kier molecular flexibility index (Phi) is 3.97. The fraction of sp³-hybridized carbons (Fsp3) is 0.545. The Hall–Kier alpha value is -0.770. The van der Waals surface area contributed by atoms with Gasteiger partial charge in [-0.2, -0.15) is 0 Å². The van der Waals surface area contributed by atoms with Crippen LogP contribution >= 0.6 is 15.9 Å². The number of nitrogens with two attached hydrogens (primary N) is 1. The molecule has 0 radical (unpaired) electrons. The number of nitrogens with zero attached hydrogens (tertiary/aromatic N) is 1. The number of hydrogen-bond acceptors (Lipinski definition) is 3. The molecule has 0 saturated carbocycles. The smallest absolute Gasteiger partial charge is 0.140 e. The lowest BCUT2D eigenvalue weighted by Crippen LogP contribution is -2.31. The first-order valence-electron chi connectivity index (χ1n) is 5.14. The summed E-state index contributed by atoms with van der Waals surface area (Å²) in [5.74, 6) is 0.850. The molecule has 0 aliphatic carbocycles. The van der Waals surface area contributed by atoms with Crippen LogP contribution in [0.5, 0.6) is 0 Å². The van der Waals surface area contributed by atoms with Gasteiger partial charge in [0, 0.05) is 5.54 Å². The van der Waals surface area contributed by atoms with Crippen molar-refractivity contribution >= 4 is 27.4 Å². The molecule has 1 rings (SSSR count). The van der Waals surface area contributed by atoms with Gasteiger partial charge < -0.3 is 11.1 Å². The van der Waals surface area contributed by atoms with Crippen molar-refractivity contribution in [3.8, 4) is 0 Å². The number of nitrogens with one attached hydrogen (secondary N) is 1. The Morgan fingerprint density at radius 2 is 2.20 bits per heavy atom. The van der Waals surface area contributed by atoms with E-state index in [1.54, 1.807) is 6.20 Å². The van der Waals surface area contributed by atoms with Crippen molar-refractivity contribution < 1.29 is 0 Å². The summed E-state index contributed by atoms with van der Waals surface area (Å²) in [4.78, 5) is 4.26. The Balaban J connectivity index is 2.80. The average molecular weight is 272 g/mol. The van der Waals surface area contributed by atoms with E-state index in [9.17, 15) is 0 Å². The molecule has 15 heavy (non-hydrogen) atoms. The lowest BCUT2D eigenvalue weighted by atomic mass is 9.99. The molecule has 1 aromatic rings. The van der Waals surface area contributed by atoms with Gasteiger partial charge in [0.05, 0.1) is 16.4 Å². The first-order valence-corrected chi connectivity index (χ1v) is 5.93. The van der Waals surface area contributed by atoms with Crippen LogP contribution in [-0.4, -0.2) is 10.5 Å². The van der Waals surface area contributed by atoms with Crippen molar-refractivity contribution in [2.24, 2.45) is 0 Å². The predicted molar refractivity (Wildman–Crippen MR) is 69.0 cm³/mol. The van der Waals surface area contributed by atoms with Crippen LogP contribution in [0.3, 0.4) is 0 Å². The third-order valence-electron chi connectivity index (χ3n) is 2.19. The first-order chi connectivity index (χ1) is 6.94. The van der Waals surface area contributed by atoms with Gasteiger partial charge in [0.25, 0.3) is 0 Å². The van der Waals surface area contributed by atoms with Gasteiger partial charge >= 0.3 is 0 Å². The number of hydrogen-bond donors (Lipinski definition) is 2. The largest absolute Gasteiger partial charge is 0.397 e. The van der Waals surface area contributed by atoms with E-state index in [-0.39, 0.29) is 5.54 Å². The summed E-state index contributed by atoms with van der Waals surface area (Å²) in [6, 6.07) is 1.86. The molecule has 0 bridgehead atoms. The molecular formula is C11H18BrN3. The van der Waals surface area contributed by atoms with Gasteiger partial charge in [-0.15, -0.1) is 0 Å². The number of pyridine rings is 1. The van der Waals surface area contributed by atoms with Crippen LogP contribution in [0.1, 0.15) is 33.6 Å². The first kappa shape index (κ1) is 12.3. The minimum Gasteiger partial charge on any atom is -0.397 e. The maximum Gasteiger partial charge on any atom is 0.140 e. The van der Waals surface area contributed by atoms with Gasteiger partial charge in [0.15, 0.2) is 0 Å². The van der Waals surface area contributed by atoms with E-state index in [2.05, 4.69) is 47.0 Å². The van der Waals surface area contributed by atoms with Gasteiger partial charge in [-0.25, -0.2) is 4.98 Å². The maximum absolute atomic E-state index is 5.63. The van der Waals surface area contributed by atoms with E-state index in [0.29, 0.717) is 5.69 Å². The van der Waals surface area contributed by atoms with Crippen molar-refractivity contribution in [3.63, 3.8) is 0 Å². The molecule has 0 fully saturated rings. The molecule has 0 aliphatic rings. The number of nitrogen functional groups attached to an aromatic ring is 1. The molecular weight excluding hydrogens is 254 g/mol. The van der Waals surface area contributed by atoms with Gasteiger partial charge in [-0.1, -0.05) is 13.3 Å². The third kappa shape index (κ3) is 3.70. The van der Waals surface area contributed by atoms with E-state index in [4.69, 9.17) is 5.73 Å². The zero-order valence-electron chi connectivity index (χ0n) is 9.47. The fourth-order valence-corrected chi connectivity index (χ4v) is 2.02. The summed E-state index contributed by atoms with van der Waals surface area (Å²) in [5.41, 5.74) is 6.35. The fourth-order valence-electron chi connectivity index (χ4n) is 1.55. The highest BCUT2D eigenvalue weighted by molar-refractivity contribution is 9.10. The van der Waals surface area contributed by atoms with Gasteiger partial charge in [-0.3, -0.25) is 0 Å². The Morgan fingerprint density at radius 3 is 2.73 bits per heavy atom. The molecule has 0 aromatic carbocycles. The normalized spacial score (nSPS) is 11.5. The molecule has 4 heteroatoms. The van der Waals surface area contributed by atoms with Crippen molar-refractivity contribution in [2.75, 3.05) is 11.1 Å². The average Bonchev–Trinajstić information content (AvgIpc) is 2.09. The molecule has 0 atom stereocenters. The van der Waals surface area contributed by atoms with E-state index < -0.39 is 0 Å². The van der Waals surface area contributed by atoms with Crippen LogP contribution in [0.15, 0.2) is 16.7 Å². The summed E-state index contributed by atoms with van der Waals surface area (Å²) in [6.45, 7) is 6.51. The zero-order valence-corrected chi connectivity index (χ0v) is 11.1. The molecule has 0 amide bonds. The highest BCUT2D eigenvalue weighted by atomic mass is 79.9. The molecule has 1 heterocycles. The minimum atomic E-state index is 0.0559. The van der Waals surface area contributed by atoms with Crippen molar-refractivity contribution in [3.05, 3.63) is 16.7 Å². The summed E-state index contributed by atoms with van der Waals surface area (Å²) in [5, 5.41) is 3.40. The molecule has 3 nitrogen and oxygen atoms in total. The molecule has 0 saturated heterocycles. The number of anilines is 2. The number of aromatic nitrogens is 1. The Morgan fingerprint density at radius 1 is 1.53 bits per heavy atom. The minimum absolute atomic E-state index is 0.0559. The Labute approximate surface area is 99.6 Å². The van der Waals surface area contributed by atoms with Crippen molar-refractivity contribution in [2.45, 2.75) is 39.2 Å². The maximum atomic E-state index is 5.63. The number of halogens is 1. The third-order valence-corrected chi connectivity index (χ3v) is 2.80. The number of rotatable bonds is 4. The molecule has 1 aromatic heterocycles. The summed E-state index contributed by atoms with van der Waals surface area (Å²) < 4.78 is 0.909. The second-order valence-electron chi connectivity index (χ2n) is 4.36. The van der Waals surface area contributed by atoms with Crippen molar-refractivity contribution in [1.29, 1.82) is 0 Å². The lowest BCUT2D eigenvalue weighted by molar-refractivity contribution is 0.509. The van der Waals surface area contributed by atoms with Crippen molar-refractivity contribution in [1.82, 2.24) is 4.98 Å². The van der Waals surface area contributed by atoms with Crippen LogP contribution in [0.25, 0.3) is 0 Å². The SMILES string of the molecule is CCCC(C)(C)Nc1ncc(N)cc1Br. The summed E-state index contributed by atoms with van der Waals surface area (Å²) in [6.07, 6.45) is 3.91. The van der Waals surface area contributed by atoms with Crippen LogP contribution in [0.2, 0.25) is 0 Å². The highest BCUT2D eigenvalue weighted by Gasteiger charge is 2.17. The van der Waals surface area contributed by atoms with Gasteiger partial charge in [0.2, 0.25) is 0 Å². The van der Waals surface area contributed by atoms with E-state index in [1.165, 1.54) is 0 Å². The molecule has 3 N–H and O–H groups in total. The van der Waals surface area contributed by atoms with E-state index >= 15 is 0 Å².